The van der Waals surface area contributed by atoms with Crippen molar-refractivity contribution in [3.05, 3.63) is 63.6 Å². The lowest BCUT2D eigenvalue weighted by Gasteiger charge is -2.10. The molecule has 23 heavy (non-hydrogen) atoms. The smallest absolute Gasteiger partial charge is 0.319 e. The highest BCUT2D eigenvalue weighted by atomic mass is 79.9. The van der Waals surface area contributed by atoms with Crippen LogP contribution in [0, 0.1) is 6.92 Å². The van der Waals surface area contributed by atoms with Crippen LogP contribution >= 0.6 is 15.9 Å². The molecule has 0 fully saturated rings. The maximum absolute atomic E-state index is 11.9. The van der Waals surface area contributed by atoms with Gasteiger partial charge in [-0.3, -0.25) is 4.79 Å². The van der Waals surface area contributed by atoms with E-state index < -0.39 is 0 Å². The first kappa shape index (κ1) is 17.0. The van der Waals surface area contributed by atoms with Gasteiger partial charge in [-0.1, -0.05) is 28.1 Å². The molecule has 0 atom stereocenters. The van der Waals surface area contributed by atoms with Crippen LogP contribution in [0.1, 0.15) is 21.5 Å². The summed E-state index contributed by atoms with van der Waals surface area (Å²) >= 11 is 3.39. The molecule has 3 amide bonds. The summed E-state index contributed by atoms with van der Waals surface area (Å²) in [5, 5.41) is 8.17. The molecule has 0 unspecified atom stereocenters. The SMILES string of the molecule is CNC(=O)c1ccc(CNC(=O)Nc2ccc(Br)cc2C)cc1. The summed E-state index contributed by atoms with van der Waals surface area (Å²) < 4.78 is 0.970. The zero-order chi connectivity index (χ0) is 16.8. The average Bonchev–Trinajstić information content (AvgIpc) is 2.55. The van der Waals surface area contributed by atoms with E-state index in [0.29, 0.717) is 12.1 Å². The lowest BCUT2D eigenvalue weighted by Crippen LogP contribution is -2.28. The van der Waals surface area contributed by atoms with E-state index in [-0.39, 0.29) is 11.9 Å². The maximum Gasteiger partial charge on any atom is 0.319 e. The van der Waals surface area contributed by atoms with Crippen LogP contribution in [0.3, 0.4) is 0 Å². The molecular formula is C17H18BrN3O2. The second-order valence-corrected chi connectivity index (χ2v) is 5.96. The predicted octanol–water partition coefficient (Wildman–Crippen LogP) is 3.44. The average molecular weight is 376 g/mol. The molecule has 0 heterocycles. The van der Waals surface area contributed by atoms with Crippen LogP contribution in [0.5, 0.6) is 0 Å². The van der Waals surface area contributed by atoms with E-state index in [2.05, 4.69) is 31.9 Å². The van der Waals surface area contributed by atoms with Crippen molar-refractivity contribution in [3.8, 4) is 0 Å². The molecule has 0 saturated heterocycles. The highest BCUT2D eigenvalue weighted by Gasteiger charge is 2.06. The number of hydrogen-bond acceptors (Lipinski definition) is 2. The van der Waals surface area contributed by atoms with Crippen LogP contribution in [0.2, 0.25) is 0 Å². The Balaban J connectivity index is 1.90. The van der Waals surface area contributed by atoms with Crippen LogP contribution < -0.4 is 16.0 Å². The number of carbonyl (C=O) groups is 2. The van der Waals surface area contributed by atoms with E-state index in [1.54, 1.807) is 19.2 Å². The van der Waals surface area contributed by atoms with Crippen molar-refractivity contribution in [2.24, 2.45) is 0 Å². The van der Waals surface area contributed by atoms with Gasteiger partial charge >= 0.3 is 6.03 Å². The molecule has 3 N–H and O–H groups in total. The van der Waals surface area contributed by atoms with Gasteiger partial charge in [0.25, 0.3) is 5.91 Å². The third kappa shape index (κ3) is 4.82. The predicted molar refractivity (Wildman–Crippen MR) is 94.6 cm³/mol. The normalized spacial score (nSPS) is 10.0. The first-order valence-electron chi connectivity index (χ1n) is 7.11. The van der Waals surface area contributed by atoms with Crippen molar-refractivity contribution >= 4 is 33.6 Å². The van der Waals surface area contributed by atoms with Gasteiger partial charge in [-0.2, -0.15) is 0 Å². The van der Waals surface area contributed by atoms with Crippen molar-refractivity contribution in [3.63, 3.8) is 0 Å². The molecule has 0 spiro atoms. The number of amides is 3. The first-order chi connectivity index (χ1) is 11.0. The van der Waals surface area contributed by atoms with Crippen molar-refractivity contribution in [2.75, 3.05) is 12.4 Å². The molecule has 0 aliphatic carbocycles. The van der Waals surface area contributed by atoms with Gasteiger partial charge in [-0.05, 0) is 48.4 Å². The number of hydrogen-bond donors (Lipinski definition) is 3. The third-order valence-electron chi connectivity index (χ3n) is 3.33. The van der Waals surface area contributed by atoms with Gasteiger partial charge in [0.15, 0.2) is 0 Å². The molecule has 0 aliphatic rings. The fourth-order valence-corrected chi connectivity index (χ4v) is 2.51. The molecule has 0 aromatic heterocycles. The molecule has 6 heteroatoms. The minimum atomic E-state index is -0.272. The fourth-order valence-electron chi connectivity index (χ4n) is 2.03. The Kier molecular flexibility index (Phi) is 5.76. The third-order valence-corrected chi connectivity index (χ3v) is 3.83. The summed E-state index contributed by atoms with van der Waals surface area (Å²) in [5.74, 6) is -0.132. The highest BCUT2D eigenvalue weighted by molar-refractivity contribution is 9.10. The molecule has 120 valence electrons. The number of halogens is 1. The fraction of sp³-hybridized carbons (Fsp3) is 0.176. The largest absolute Gasteiger partial charge is 0.355 e. The Morgan fingerprint density at radius 1 is 1.09 bits per heavy atom. The summed E-state index contributed by atoms with van der Waals surface area (Å²) in [6.45, 7) is 2.31. The molecule has 0 saturated carbocycles. The lowest BCUT2D eigenvalue weighted by atomic mass is 10.1. The Bertz CT molecular complexity index is 714. The van der Waals surface area contributed by atoms with E-state index in [1.165, 1.54) is 0 Å². The van der Waals surface area contributed by atoms with Gasteiger partial charge < -0.3 is 16.0 Å². The van der Waals surface area contributed by atoms with Crippen LogP contribution in [0.25, 0.3) is 0 Å². The molecule has 2 aromatic carbocycles. The van der Waals surface area contributed by atoms with Crippen molar-refractivity contribution in [2.45, 2.75) is 13.5 Å². The van der Waals surface area contributed by atoms with E-state index in [1.807, 2.05) is 37.3 Å². The molecule has 0 radical (unpaired) electrons. The van der Waals surface area contributed by atoms with E-state index in [4.69, 9.17) is 0 Å². The highest BCUT2D eigenvalue weighted by Crippen LogP contribution is 2.19. The molecule has 2 rings (SSSR count). The van der Waals surface area contributed by atoms with Gasteiger partial charge in [0, 0.05) is 29.3 Å². The number of carbonyl (C=O) groups excluding carboxylic acids is 2. The van der Waals surface area contributed by atoms with Crippen LogP contribution in [-0.2, 0) is 6.54 Å². The zero-order valence-electron chi connectivity index (χ0n) is 12.9. The van der Waals surface area contributed by atoms with Gasteiger partial charge in [0.1, 0.15) is 0 Å². The minimum absolute atomic E-state index is 0.132. The van der Waals surface area contributed by atoms with E-state index in [0.717, 1.165) is 21.3 Å². The minimum Gasteiger partial charge on any atom is -0.355 e. The first-order valence-corrected chi connectivity index (χ1v) is 7.91. The van der Waals surface area contributed by atoms with Crippen molar-refractivity contribution < 1.29 is 9.59 Å². The van der Waals surface area contributed by atoms with Crippen LogP contribution in [-0.4, -0.2) is 19.0 Å². The number of aryl methyl sites for hydroxylation is 1. The second-order valence-electron chi connectivity index (χ2n) is 5.04. The maximum atomic E-state index is 11.9. The van der Waals surface area contributed by atoms with Gasteiger partial charge in [-0.25, -0.2) is 4.79 Å². The van der Waals surface area contributed by atoms with Crippen LogP contribution in [0.15, 0.2) is 46.9 Å². The zero-order valence-corrected chi connectivity index (χ0v) is 14.5. The summed E-state index contributed by atoms with van der Waals surface area (Å²) in [5.41, 5.74) is 3.25. The topological polar surface area (TPSA) is 70.2 Å². The number of anilines is 1. The summed E-state index contributed by atoms with van der Waals surface area (Å²) in [6.07, 6.45) is 0. The Morgan fingerprint density at radius 2 is 1.78 bits per heavy atom. The summed E-state index contributed by atoms with van der Waals surface area (Å²) in [7, 11) is 1.59. The number of rotatable bonds is 4. The van der Waals surface area contributed by atoms with Crippen LogP contribution in [0.4, 0.5) is 10.5 Å². The van der Waals surface area contributed by atoms with Gasteiger partial charge in [-0.15, -0.1) is 0 Å². The quantitative estimate of drug-likeness (QED) is 0.765. The molecule has 2 aromatic rings. The summed E-state index contributed by atoms with van der Waals surface area (Å²) in [6, 6.07) is 12.5. The van der Waals surface area contributed by atoms with E-state index >= 15 is 0 Å². The molecule has 5 nitrogen and oxygen atoms in total. The Hall–Kier alpha value is -2.34. The molecular weight excluding hydrogens is 358 g/mol. The lowest BCUT2D eigenvalue weighted by molar-refractivity contribution is 0.0963. The van der Waals surface area contributed by atoms with E-state index in [9.17, 15) is 9.59 Å². The Morgan fingerprint density at radius 3 is 2.39 bits per heavy atom. The van der Waals surface area contributed by atoms with Gasteiger partial charge in [0.2, 0.25) is 0 Å². The summed E-state index contributed by atoms with van der Waals surface area (Å²) in [4.78, 5) is 23.4. The van der Waals surface area contributed by atoms with Crippen molar-refractivity contribution in [1.29, 1.82) is 0 Å². The monoisotopic (exact) mass is 375 g/mol. The van der Waals surface area contributed by atoms with Gasteiger partial charge in [0.05, 0.1) is 0 Å². The van der Waals surface area contributed by atoms with Crippen molar-refractivity contribution in [1.82, 2.24) is 10.6 Å². The number of urea groups is 1. The standard InChI is InChI=1S/C17H18BrN3O2/c1-11-9-14(18)7-8-15(11)21-17(23)20-10-12-3-5-13(6-4-12)16(22)19-2/h3-9H,10H2,1-2H3,(H,19,22)(H2,20,21,23). The second kappa shape index (κ2) is 7.78. The molecule has 0 bridgehead atoms. The Labute approximate surface area is 143 Å². The number of benzene rings is 2. The molecule has 0 aliphatic heterocycles. The number of nitrogens with one attached hydrogen (secondary N) is 3.